The number of hydrogen-bond acceptors (Lipinski definition) is 5. The minimum Gasteiger partial charge on any atom is -0.493 e. The van der Waals surface area contributed by atoms with E-state index in [0.717, 1.165) is 24.8 Å². The van der Waals surface area contributed by atoms with Crippen molar-refractivity contribution in [1.82, 2.24) is 10.2 Å². The fraction of sp³-hybridized carbons (Fsp3) is 0.579. The van der Waals surface area contributed by atoms with Gasteiger partial charge in [0.15, 0.2) is 11.5 Å². The van der Waals surface area contributed by atoms with Gasteiger partial charge < -0.3 is 19.5 Å². The monoisotopic (exact) mass is 364 g/mol. The zero-order chi connectivity index (χ0) is 19.1. The van der Waals surface area contributed by atoms with Crippen molar-refractivity contribution in [2.75, 3.05) is 27.3 Å². The van der Waals surface area contributed by atoms with Crippen LogP contribution >= 0.6 is 0 Å². The van der Waals surface area contributed by atoms with E-state index < -0.39 is 12.0 Å². The molecule has 144 valence electrons. The highest BCUT2D eigenvalue weighted by Crippen LogP contribution is 2.36. The normalized spacial score (nSPS) is 17.8. The SMILES string of the molecule is CCCC(NCC(=O)N1CCCC1c1ccc(OC)c(OC)c1)C(=O)O. The number of hydrogen-bond donors (Lipinski definition) is 2. The van der Waals surface area contributed by atoms with Gasteiger partial charge in [0.25, 0.3) is 0 Å². The van der Waals surface area contributed by atoms with Crippen LogP contribution in [0.5, 0.6) is 11.5 Å². The maximum atomic E-state index is 12.7. The Morgan fingerprint density at radius 2 is 2.04 bits per heavy atom. The first-order chi connectivity index (χ1) is 12.5. The standard InChI is InChI=1S/C19H28N2O5/c1-4-6-14(19(23)24)20-12-18(22)21-10-5-7-15(21)13-8-9-16(25-2)17(11-13)26-3/h8-9,11,14-15,20H,4-7,10,12H2,1-3H3,(H,23,24). The Balaban J connectivity index is 2.07. The van der Waals surface area contributed by atoms with Crippen LogP contribution in [0.3, 0.4) is 0 Å². The number of amides is 1. The summed E-state index contributed by atoms with van der Waals surface area (Å²) in [7, 11) is 3.17. The van der Waals surface area contributed by atoms with Crippen LogP contribution in [0, 0.1) is 0 Å². The third-order valence-electron chi connectivity index (χ3n) is 4.74. The smallest absolute Gasteiger partial charge is 0.320 e. The lowest BCUT2D eigenvalue weighted by molar-refractivity contribution is -0.140. The molecule has 2 unspecified atom stereocenters. The van der Waals surface area contributed by atoms with Gasteiger partial charge in [0.1, 0.15) is 6.04 Å². The summed E-state index contributed by atoms with van der Waals surface area (Å²) < 4.78 is 10.6. The second-order valence-corrected chi connectivity index (χ2v) is 6.42. The van der Waals surface area contributed by atoms with Crippen molar-refractivity contribution in [3.05, 3.63) is 23.8 Å². The number of carboxylic acid groups (broad SMARTS) is 1. The molecule has 1 aliphatic heterocycles. The lowest BCUT2D eigenvalue weighted by Crippen LogP contribution is -2.44. The Morgan fingerprint density at radius 3 is 2.65 bits per heavy atom. The highest BCUT2D eigenvalue weighted by atomic mass is 16.5. The number of benzene rings is 1. The molecule has 7 nitrogen and oxygen atoms in total. The molecule has 1 heterocycles. The Morgan fingerprint density at radius 1 is 1.31 bits per heavy atom. The van der Waals surface area contributed by atoms with Crippen molar-refractivity contribution in [3.63, 3.8) is 0 Å². The van der Waals surface area contributed by atoms with Crippen LogP contribution in [0.1, 0.15) is 44.2 Å². The van der Waals surface area contributed by atoms with Crippen LogP contribution in [0.25, 0.3) is 0 Å². The van der Waals surface area contributed by atoms with Crippen molar-refractivity contribution in [3.8, 4) is 11.5 Å². The number of ether oxygens (including phenoxy) is 2. The number of rotatable bonds is 9. The van der Waals surface area contributed by atoms with Crippen LogP contribution < -0.4 is 14.8 Å². The van der Waals surface area contributed by atoms with Crippen LogP contribution in [0.2, 0.25) is 0 Å². The summed E-state index contributed by atoms with van der Waals surface area (Å²) >= 11 is 0. The predicted octanol–water partition coefficient (Wildman–Crippen LogP) is 2.21. The summed E-state index contributed by atoms with van der Waals surface area (Å²) in [5.41, 5.74) is 0.997. The largest absolute Gasteiger partial charge is 0.493 e. The Labute approximate surface area is 154 Å². The third kappa shape index (κ3) is 4.66. The zero-order valence-electron chi connectivity index (χ0n) is 15.7. The molecule has 26 heavy (non-hydrogen) atoms. The molecule has 0 radical (unpaired) electrons. The number of carbonyl (C=O) groups excluding carboxylic acids is 1. The fourth-order valence-electron chi connectivity index (χ4n) is 3.39. The van der Waals surface area contributed by atoms with E-state index in [-0.39, 0.29) is 18.5 Å². The lowest BCUT2D eigenvalue weighted by Gasteiger charge is -2.26. The second kappa shape index (κ2) is 9.43. The predicted molar refractivity (Wildman–Crippen MR) is 97.6 cm³/mol. The molecule has 2 N–H and O–H groups in total. The Kier molecular flexibility index (Phi) is 7.26. The first-order valence-corrected chi connectivity index (χ1v) is 8.99. The topological polar surface area (TPSA) is 88.1 Å². The number of nitrogens with zero attached hydrogens (tertiary/aromatic N) is 1. The van der Waals surface area contributed by atoms with Crippen molar-refractivity contribution in [2.45, 2.75) is 44.7 Å². The summed E-state index contributed by atoms with van der Waals surface area (Å²) in [6.45, 7) is 2.62. The molecule has 2 atom stereocenters. The van der Waals surface area contributed by atoms with E-state index in [1.54, 1.807) is 14.2 Å². The highest BCUT2D eigenvalue weighted by Gasteiger charge is 2.31. The summed E-state index contributed by atoms with van der Waals surface area (Å²) in [6, 6.07) is 4.97. The number of aliphatic carboxylic acids is 1. The van der Waals surface area contributed by atoms with Gasteiger partial charge in [0, 0.05) is 6.54 Å². The maximum absolute atomic E-state index is 12.7. The van der Waals surface area contributed by atoms with E-state index in [9.17, 15) is 14.7 Å². The van der Waals surface area contributed by atoms with Crippen molar-refractivity contribution in [1.29, 1.82) is 0 Å². The summed E-state index contributed by atoms with van der Waals surface area (Å²) in [5.74, 6) is 0.288. The summed E-state index contributed by atoms with van der Waals surface area (Å²) in [6.07, 6.45) is 3.04. The first-order valence-electron chi connectivity index (χ1n) is 8.99. The van der Waals surface area contributed by atoms with Gasteiger partial charge in [-0.15, -0.1) is 0 Å². The summed E-state index contributed by atoms with van der Waals surface area (Å²) in [5, 5.41) is 12.1. The van der Waals surface area contributed by atoms with Gasteiger partial charge in [-0.1, -0.05) is 19.4 Å². The molecular formula is C19H28N2O5. The highest BCUT2D eigenvalue weighted by molar-refractivity contribution is 5.80. The molecule has 1 fully saturated rings. The number of likely N-dealkylation sites (tertiary alicyclic amines) is 1. The van der Waals surface area contributed by atoms with Crippen LogP contribution in [-0.2, 0) is 9.59 Å². The van der Waals surface area contributed by atoms with Crippen LogP contribution in [-0.4, -0.2) is 55.2 Å². The number of methoxy groups -OCH3 is 2. The first kappa shape index (κ1) is 20.0. The van der Waals surface area contributed by atoms with Gasteiger partial charge in [-0.05, 0) is 37.0 Å². The number of carbonyl (C=O) groups is 2. The molecule has 0 spiro atoms. The second-order valence-electron chi connectivity index (χ2n) is 6.42. The number of nitrogens with one attached hydrogen (secondary N) is 1. The average Bonchev–Trinajstić information content (AvgIpc) is 3.13. The zero-order valence-corrected chi connectivity index (χ0v) is 15.7. The van der Waals surface area contributed by atoms with Gasteiger partial charge in [-0.25, -0.2) is 0 Å². The molecule has 2 rings (SSSR count). The van der Waals surface area contributed by atoms with Crippen LogP contribution in [0.4, 0.5) is 0 Å². The molecule has 0 bridgehead atoms. The quantitative estimate of drug-likeness (QED) is 0.698. The molecule has 0 saturated carbocycles. The van der Waals surface area contributed by atoms with Gasteiger partial charge >= 0.3 is 5.97 Å². The molecule has 1 aromatic rings. The van der Waals surface area contributed by atoms with Gasteiger partial charge in [-0.3, -0.25) is 14.9 Å². The van der Waals surface area contributed by atoms with Gasteiger partial charge in [0.05, 0.1) is 26.8 Å². The molecule has 1 aliphatic rings. The lowest BCUT2D eigenvalue weighted by atomic mass is 10.0. The minimum absolute atomic E-state index is 0.0285. The van der Waals surface area contributed by atoms with Crippen molar-refractivity contribution in [2.24, 2.45) is 0 Å². The molecule has 7 heteroatoms. The van der Waals surface area contributed by atoms with Gasteiger partial charge in [0.2, 0.25) is 5.91 Å². The Hall–Kier alpha value is -2.28. The van der Waals surface area contributed by atoms with E-state index >= 15 is 0 Å². The van der Waals surface area contributed by atoms with E-state index in [2.05, 4.69) is 5.32 Å². The van der Waals surface area contributed by atoms with Crippen LogP contribution in [0.15, 0.2) is 18.2 Å². The van der Waals surface area contributed by atoms with Crippen molar-refractivity contribution >= 4 is 11.9 Å². The molecule has 1 saturated heterocycles. The number of carboxylic acids is 1. The molecular weight excluding hydrogens is 336 g/mol. The molecule has 1 aromatic carbocycles. The van der Waals surface area contributed by atoms with Gasteiger partial charge in [-0.2, -0.15) is 0 Å². The Bertz CT molecular complexity index is 634. The fourth-order valence-corrected chi connectivity index (χ4v) is 3.39. The molecule has 0 aromatic heterocycles. The maximum Gasteiger partial charge on any atom is 0.320 e. The van der Waals surface area contributed by atoms with E-state index in [4.69, 9.17) is 9.47 Å². The van der Waals surface area contributed by atoms with E-state index in [1.807, 2.05) is 30.0 Å². The molecule has 0 aliphatic carbocycles. The molecule has 1 amide bonds. The van der Waals surface area contributed by atoms with E-state index in [1.165, 1.54) is 0 Å². The van der Waals surface area contributed by atoms with E-state index in [0.29, 0.717) is 24.5 Å². The average molecular weight is 364 g/mol. The summed E-state index contributed by atoms with van der Waals surface area (Å²) in [4.78, 5) is 25.7. The third-order valence-corrected chi connectivity index (χ3v) is 4.74. The van der Waals surface area contributed by atoms with Crippen molar-refractivity contribution < 1.29 is 24.2 Å². The minimum atomic E-state index is -0.919.